The summed E-state index contributed by atoms with van der Waals surface area (Å²) in [5.41, 5.74) is 9.79. The molecular weight excluding hydrogens is 288 g/mol. The molecule has 1 aromatic heterocycles. The molecule has 3 aromatic rings. The summed E-state index contributed by atoms with van der Waals surface area (Å²) in [5, 5.41) is 4.40. The van der Waals surface area contributed by atoms with E-state index in [4.69, 9.17) is 10.5 Å². The van der Waals surface area contributed by atoms with E-state index < -0.39 is 0 Å². The fraction of sp³-hybridized carbons (Fsp3) is 0.111. The molecule has 0 saturated carbocycles. The van der Waals surface area contributed by atoms with E-state index >= 15 is 0 Å². The predicted molar refractivity (Wildman–Crippen MR) is 92.8 cm³/mol. The van der Waals surface area contributed by atoms with Gasteiger partial charge in [-0.2, -0.15) is 5.10 Å². The van der Waals surface area contributed by atoms with Crippen LogP contribution in [0.2, 0.25) is 0 Å². The van der Waals surface area contributed by atoms with Crippen LogP contribution in [-0.2, 0) is 0 Å². The van der Waals surface area contributed by atoms with E-state index in [-0.39, 0.29) is 0 Å². The third kappa shape index (κ3) is 3.23. The lowest BCUT2D eigenvalue weighted by molar-refractivity contribution is 0.415. The van der Waals surface area contributed by atoms with Gasteiger partial charge in [0.05, 0.1) is 25.2 Å². The Balaban J connectivity index is 1.99. The normalized spacial score (nSPS) is 11.0. The Labute approximate surface area is 135 Å². The molecule has 0 spiro atoms. The van der Waals surface area contributed by atoms with Gasteiger partial charge in [0.25, 0.3) is 0 Å². The second-order valence-corrected chi connectivity index (χ2v) is 5.15. The van der Waals surface area contributed by atoms with Crippen molar-refractivity contribution in [1.29, 1.82) is 0 Å². The minimum atomic E-state index is 0.373. The third-order valence-electron chi connectivity index (χ3n) is 3.50. The molecular formula is C18H18N4O. The van der Waals surface area contributed by atoms with Gasteiger partial charge in [-0.25, -0.2) is 9.66 Å². The number of hydrogen-bond acceptors (Lipinski definition) is 4. The number of aromatic nitrogens is 2. The van der Waals surface area contributed by atoms with Crippen LogP contribution in [0.3, 0.4) is 0 Å². The highest BCUT2D eigenvalue weighted by molar-refractivity contribution is 5.90. The number of nitrogens with zero attached hydrogens (tertiary/aromatic N) is 3. The van der Waals surface area contributed by atoms with Gasteiger partial charge in [0, 0.05) is 5.56 Å². The second kappa shape index (κ2) is 6.36. The molecule has 0 aliphatic carbocycles. The summed E-state index contributed by atoms with van der Waals surface area (Å²) < 4.78 is 6.87. The lowest BCUT2D eigenvalue weighted by Gasteiger charge is -2.08. The van der Waals surface area contributed by atoms with E-state index in [2.05, 4.69) is 16.2 Å². The molecule has 0 bridgehead atoms. The van der Waals surface area contributed by atoms with Gasteiger partial charge in [0.1, 0.15) is 5.75 Å². The summed E-state index contributed by atoms with van der Waals surface area (Å²) in [5.74, 6) is 1.20. The largest absolute Gasteiger partial charge is 0.497 e. The smallest absolute Gasteiger partial charge is 0.221 e. The van der Waals surface area contributed by atoms with Crippen LogP contribution in [0.1, 0.15) is 11.3 Å². The number of ether oxygens (including phenoxy) is 1. The lowest BCUT2D eigenvalue weighted by Crippen LogP contribution is -1.97. The molecule has 23 heavy (non-hydrogen) atoms. The van der Waals surface area contributed by atoms with Gasteiger partial charge in [-0.15, -0.1) is 0 Å². The maximum atomic E-state index is 5.81. The summed E-state index contributed by atoms with van der Waals surface area (Å²) in [4.78, 5) is 4.14. The van der Waals surface area contributed by atoms with Crippen LogP contribution in [0.15, 0.2) is 59.8 Å². The van der Waals surface area contributed by atoms with Crippen molar-refractivity contribution in [3.63, 3.8) is 0 Å². The summed E-state index contributed by atoms with van der Waals surface area (Å²) >= 11 is 0. The Morgan fingerprint density at radius 2 is 2.00 bits per heavy atom. The summed E-state index contributed by atoms with van der Waals surface area (Å²) in [6.07, 6.45) is 3.58. The number of anilines is 1. The number of nitrogens with two attached hydrogens (primary N) is 1. The zero-order chi connectivity index (χ0) is 16.2. The van der Waals surface area contributed by atoms with E-state index in [1.54, 1.807) is 24.2 Å². The van der Waals surface area contributed by atoms with Crippen molar-refractivity contribution in [3.8, 4) is 16.9 Å². The van der Waals surface area contributed by atoms with Crippen LogP contribution in [-0.4, -0.2) is 23.0 Å². The maximum Gasteiger partial charge on any atom is 0.221 e. The first-order valence-corrected chi connectivity index (χ1v) is 7.26. The van der Waals surface area contributed by atoms with Gasteiger partial charge < -0.3 is 10.5 Å². The van der Waals surface area contributed by atoms with Gasteiger partial charge in [-0.1, -0.05) is 36.4 Å². The maximum absolute atomic E-state index is 5.81. The van der Waals surface area contributed by atoms with Gasteiger partial charge in [-0.3, -0.25) is 0 Å². The van der Waals surface area contributed by atoms with E-state index in [0.29, 0.717) is 5.95 Å². The minimum Gasteiger partial charge on any atom is -0.497 e. The molecule has 2 N–H and O–H groups in total. The van der Waals surface area contributed by atoms with Crippen molar-refractivity contribution >= 4 is 12.2 Å². The monoisotopic (exact) mass is 306 g/mol. The van der Waals surface area contributed by atoms with Crippen molar-refractivity contribution in [1.82, 2.24) is 9.66 Å². The first kappa shape index (κ1) is 14.8. The van der Waals surface area contributed by atoms with E-state index in [0.717, 1.165) is 28.1 Å². The Kier molecular flexibility index (Phi) is 4.10. The molecule has 0 saturated heterocycles. The minimum absolute atomic E-state index is 0.373. The topological polar surface area (TPSA) is 65.4 Å². The molecule has 0 aliphatic rings. The number of methoxy groups -OCH3 is 1. The van der Waals surface area contributed by atoms with Gasteiger partial charge >= 0.3 is 0 Å². The van der Waals surface area contributed by atoms with E-state index in [9.17, 15) is 0 Å². The van der Waals surface area contributed by atoms with Crippen LogP contribution < -0.4 is 10.5 Å². The summed E-state index contributed by atoms with van der Waals surface area (Å²) in [7, 11) is 1.66. The number of aryl methyl sites for hydroxylation is 1. The highest BCUT2D eigenvalue weighted by Crippen LogP contribution is 2.26. The highest BCUT2D eigenvalue weighted by atomic mass is 16.5. The van der Waals surface area contributed by atoms with Crippen molar-refractivity contribution in [2.24, 2.45) is 5.10 Å². The van der Waals surface area contributed by atoms with Crippen LogP contribution in [0.4, 0.5) is 5.95 Å². The first-order valence-electron chi connectivity index (χ1n) is 7.26. The fourth-order valence-corrected chi connectivity index (χ4v) is 2.38. The molecule has 0 amide bonds. The zero-order valence-electron chi connectivity index (χ0n) is 13.1. The van der Waals surface area contributed by atoms with Crippen LogP contribution >= 0.6 is 0 Å². The number of imidazole rings is 1. The van der Waals surface area contributed by atoms with Crippen molar-refractivity contribution in [2.45, 2.75) is 6.92 Å². The SMILES string of the molecule is COc1cccc(-c2ccccc2C=Nn2cc(C)nc2N)c1. The molecule has 2 aromatic carbocycles. The molecule has 5 nitrogen and oxygen atoms in total. The van der Waals surface area contributed by atoms with E-state index in [1.165, 1.54) is 0 Å². The molecule has 0 fully saturated rings. The number of nitrogen functional groups attached to an aromatic ring is 1. The quantitative estimate of drug-likeness (QED) is 0.752. The fourth-order valence-electron chi connectivity index (χ4n) is 2.38. The molecule has 0 atom stereocenters. The third-order valence-corrected chi connectivity index (χ3v) is 3.50. The van der Waals surface area contributed by atoms with Gasteiger partial charge in [-0.05, 0) is 30.2 Å². The Hall–Kier alpha value is -3.08. The van der Waals surface area contributed by atoms with Gasteiger partial charge in [0.2, 0.25) is 5.95 Å². The Morgan fingerprint density at radius 3 is 2.74 bits per heavy atom. The average Bonchev–Trinajstić information content (AvgIpc) is 2.91. The molecule has 0 radical (unpaired) electrons. The molecule has 3 rings (SSSR count). The van der Waals surface area contributed by atoms with Crippen LogP contribution in [0, 0.1) is 6.92 Å². The van der Waals surface area contributed by atoms with Crippen LogP contribution in [0.5, 0.6) is 5.75 Å². The molecule has 0 aliphatic heterocycles. The molecule has 1 heterocycles. The van der Waals surface area contributed by atoms with Crippen molar-refractivity contribution < 1.29 is 4.74 Å². The second-order valence-electron chi connectivity index (χ2n) is 5.15. The molecule has 5 heteroatoms. The van der Waals surface area contributed by atoms with Gasteiger partial charge in [0.15, 0.2) is 0 Å². The Morgan fingerprint density at radius 1 is 1.17 bits per heavy atom. The van der Waals surface area contributed by atoms with Crippen LogP contribution in [0.25, 0.3) is 11.1 Å². The molecule has 0 unspecified atom stereocenters. The Bertz CT molecular complexity index is 852. The van der Waals surface area contributed by atoms with E-state index in [1.807, 2.05) is 49.4 Å². The predicted octanol–water partition coefficient (Wildman–Crippen LogP) is 3.33. The number of rotatable bonds is 4. The van der Waals surface area contributed by atoms with Crippen molar-refractivity contribution in [3.05, 3.63) is 66.0 Å². The highest BCUT2D eigenvalue weighted by Gasteiger charge is 2.05. The first-order chi connectivity index (χ1) is 11.2. The standard InChI is InChI=1S/C18H18N4O/c1-13-12-22(18(19)21-13)20-11-15-6-3-4-9-17(15)14-7-5-8-16(10-14)23-2/h3-12H,1-2H3,(H2,19,21). The van der Waals surface area contributed by atoms with Crippen molar-refractivity contribution in [2.75, 3.05) is 12.8 Å². The number of hydrogen-bond donors (Lipinski definition) is 1. The lowest BCUT2D eigenvalue weighted by atomic mass is 10.0. The average molecular weight is 306 g/mol. The number of benzene rings is 2. The molecule has 116 valence electrons. The zero-order valence-corrected chi connectivity index (χ0v) is 13.1. The summed E-state index contributed by atoms with van der Waals surface area (Å²) in [6, 6.07) is 16.0. The summed E-state index contributed by atoms with van der Waals surface area (Å²) in [6.45, 7) is 1.88.